The first kappa shape index (κ1) is 10.3. The number of hydrogen-bond donors (Lipinski definition) is 1. The van der Waals surface area contributed by atoms with Gasteiger partial charge in [-0.1, -0.05) is 0 Å². The zero-order valence-corrected chi connectivity index (χ0v) is 9.40. The van der Waals surface area contributed by atoms with Crippen LogP contribution in [0.4, 0.5) is 14.6 Å². The summed E-state index contributed by atoms with van der Waals surface area (Å²) in [6.07, 6.45) is 0. The highest BCUT2D eigenvalue weighted by Gasteiger charge is 2.11. The molecule has 0 fully saturated rings. The lowest BCUT2D eigenvalue weighted by Gasteiger charge is -2.05. The molecule has 0 unspecified atom stereocenters. The van der Waals surface area contributed by atoms with Gasteiger partial charge in [-0.15, -0.1) is 0 Å². The Hall–Kier alpha value is -1.23. The second kappa shape index (κ2) is 3.73. The van der Waals surface area contributed by atoms with Crippen molar-refractivity contribution in [1.82, 2.24) is 4.98 Å². The summed E-state index contributed by atoms with van der Waals surface area (Å²) in [7, 11) is 1.69. The molecule has 0 aliphatic heterocycles. The molecular weight excluding hydrogens is 266 g/mol. The first-order chi connectivity index (χ1) is 7.13. The fourth-order valence-corrected chi connectivity index (χ4v) is 1.76. The van der Waals surface area contributed by atoms with Crippen LogP contribution in [0.15, 0.2) is 22.7 Å². The van der Waals surface area contributed by atoms with E-state index in [0.29, 0.717) is 11.2 Å². The maximum Gasteiger partial charge on any atom is 0.152 e. The Kier molecular flexibility index (Phi) is 2.56. The van der Waals surface area contributed by atoms with E-state index in [1.54, 1.807) is 19.2 Å². The van der Waals surface area contributed by atoms with Crippen LogP contribution in [-0.2, 0) is 0 Å². The summed E-state index contributed by atoms with van der Waals surface area (Å²) in [5.41, 5.74) is 0.148. The molecule has 2 nitrogen and oxygen atoms in total. The third kappa shape index (κ3) is 1.67. The third-order valence-electron chi connectivity index (χ3n) is 2.08. The van der Waals surface area contributed by atoms with Crippen molar-refractivity contribution >= 4 is 32.7 Å². The average Bonchev–Trinajstić information content (AvgIpc) is 2.25. The number of hydrogen-bond acceptors (Lipinski definition) is 2. The number of nitrogens with zero attached hydrogens (tertiary/aromatic N) is 1. The minimum atomic E-state index is -0.664. The van der Waals surface area contributed by atoms with E-state index >= 15 is 0 Å². The van der Waals surface area contributed by atoms with Crippen LogP contribution >= 0.6 is 15.9 Å². The number of fused-ring (bicyclic) bond motifs is 1. The molecule has 0 saturated heterocycles. The highest BCUT2D eigenvalue weighted by Crippen LogP contribution is 2.28. The topological polar surface area (TPSA) is 24.9 Å². The van der Waals surface area contributed by atoms with E-state index in [2.05, 4.69) is 26.2 Å². The average molecular weight is 273 g/mol. The Bertz CT molecular complexity index is 528. The zero-order valence-electron chi connectivity index (χ0n) is 7.81. The molecule has 1 aromatic carbocycles. The largest absolute Gasteiger partial charge is 0.373 e. The second-order valence-corrected chi connectivity index (χ2v) is 3.79. The van der Waals surface area contributed by atoms with Gasteiger partial charge in [0, 0.05) is 18.5 Å². The van der Waals surface area contributed by atoms with E-state index in [0.717, 1.165) is 6.07 Å². The van der Waals surface area contributed by atoms with Gasteiger partial charge >= 0.3 is 0 Å². The van der Waals surface area contributed by atoms with Crippen molar-refractivity contribution in [3.05, 3.63) is 34.3 Å². The Morgan fingerprint density at radius 1 is 1.27 bits per heavy atom. The Labute approximate surface area is 93.4 Å². The number of pyridine rings is 1. The molecule has 0 spiro atoms. The molecule has 0 saturated carbocycles. The molecule has 0 aliphatic carbocycles. The molecule has 0 aliphatic rings. The lowest BCUT2D eigenvalue weighted by atomic mass is 10.2. The maximum absolute atomic E-state index is 13.4. The number of nitrogens with one attached hydrogen (secondary N) is 1. The number of halogens is 3. The second-order valence-electron chi connectivity index (χ2n) is 3.00. The monoisotopic (exact) mass is 272 g/mol. The van der Waals surface area contributed by atoms with Gasteiger partial charge in [-0.05, 0) is 28.1 Å². The Balaban J connectivity index is 2.84. The highest BCUT2D eigenvalue weighted by atomic mass is 79.9. The van der Waals surface area contributed by atoms with Gasteiger partial charge in [0.2, 0.25) is 0 Å². The van der Waals surface area contributed by atoms with Crippen molar-refractivity contribution < 1.29 is 8.78 Å². The predicted molar refractivity (Wildman–Crippen MR) is 58.9 cm³/mol. The van der Waals surface area contributed by atoms with E-state index in [1.165, 1.54) is 0 Å². The van der Waals surface area contributed by atoms with Crippen molar-refractivity contribution in [2.24, 2.45) is 0 Å². The van der Waals surface area contributed by atoms with Crippen LogP contribution in [0.1, 0.15) is 0 Å². The quantitative estimate of drug-likeness (QED) is 0.806. The van der Waals surface area contributed by atoms with Gasteiger partial charge in [-0.2, -0.15) is 0 Å². The Morgan fingerprint density at radius 2 is 2.00 bits per heavy atom. The fraction of sp³-hybridized carbons (Fsp3) is 0.100. The summed E-state index contributed by atoms with van der Waals surface area (Å²) < 4.78 is 26.8. The normalized spacial score (nSPS) is 10.7. The minimum Gasteiger partial charge on any atom is -0.373 e. The zero-order chi connectivity index (χ0) is 11.0. The van der Waals surface area contributed by atoms with E-state index < -0.39 is 11.6 Å². The molecular formula is C10H7BrF2N2. The molecule has 2 rings (SSSR count). The molecule has 0 radical (unpaired) electrons. The van der Waals surface area contributed by atoms with Crippen LogP contribution in [0.3, 0.4) is 0 Å². The van der Waals surface area contributed by atoms with Gasteiger partial charge in [0.15, 0.2) is 5.82 Å². The van der Waals surface area contributed by atoms with Gasteiger partial charge in [-0.3, -0.25) is 0 Å². The van der Waals surface area contributed by atoms with Gasteiger partial charge in [-0.25, -0.2) is 13.8 Å². The number of rotatable bonds is 1. The van der Waals surface area contributed by atoms with E-state index in [-0.39, 0.29) is 9.99 Å². The third-order valence-corrected chi connectivity index (χ3v) is 2.88. The SMILES string of the molecule is CNc1ccc2c(Br)c(F)cc(F)c2n1. The first-order valence-corrected chi connectivity index (χ1v) is 5.05. The van der Waals surface area contributed by atoms with Crippen LogP contribution in [0.25, 0.3) is 10.9 Å². The summed E-state index contributed by atoms with van der Waals surface area (Å²) in [5, 5.41) is 3.22. The van der Waals surface area contributed by atoms with Crippen molar-refractivity contribution in [2.75, 3.05) is 12.4 Å². The van der Waals surface area contributed by atoms with Crippen molar-refractivity contribution in [1.29, 1.82) is 0 Å². The minimum absolute atomic E-state index is 0.148. The molecule has 1 aromatic heterocycles. The van der Waals surface area contributed by atoms with Crippen LogP contribution in [-0.4, -0.2) is 12.0 Å². The van der Waals surface area contributed by atoms with Crippen molar-refractivity contribution in [2.45, 2.75) is 0 Å². The van der Waals surface area contributed by atoms with Crippen molar-refractivity contribution in [3.8, 4) is 0 Å². The maximum atomic E-state index is 13.4. The van der Waals surface area contributed by atoms with Gasteiger partial charge in [0.05, 0.1) is 4.47 Å². The van der Waals surface area contributed by atoms with Gasteiger partial charge < -0.3 is 5.32 Å². The summed E-state index contributed by atoms with van der Waals surface area (Å²) in [4.78, 5) is 4.01. The summed E-state index contributed by atoms with van der Waals surface area (Å²) in [6, 6.07) is 4.09. The Morgan fingerprint density at radius 3 is 2.67 bits per heavy atom. The molecule has 5 heteroatoms. The highest BCUT2D eigenvalue weighted by molar-refractivity contribution is 9.10. The fourth-order valence-electron chi connectivity index (χ4n) is 1.33. The van der Waals surface area contributed by atoms with Gasteiger partial charge in [0.1, 0.15) is 17.2 Å². The van der Waals surface area contributed by atoms with Crippen LogP contribution in [0, 0.1) is 11.6 Å². The summed E-state index contributed by atoms with van der Waals surface area (Å²) >= 11 is 3.06. The smallest absolute Gasteiger partial charge is 0.152 e. The molecule has 1 heterocycles. The molecule has 15 heavy (non-hydrogen) atoms. The molecule has 78 valence electrons. The molecule has 0 atom stereocenters. The van der Waals surface area contributed by atoms with Crippen molar-refractivity contribution in [3.63, 3.8) is 0 Å². The lowest BCUT2D eigenvalue weighted by molar-refractivity contribution is 0.586. The van der Waals surface area contributed by atoms with Crippen LogP contribution < -0.4 is 5.32 Å². The molecule has 2 aromatic rings. The van der Waals surface area contributed by atoms with Crippen LogP contribution in [0.5, 0.6) is 0 Å². The van der Waals surface area contributed by atoms with Crippen LogP contribution in [0.2, 0.25) is 0 Å². The van der Waals surface area contributed by atoms with Gasteiger partial charge in [0.25, 0.3) is 0 Å². The standard InChI is InChI=1S/C10H7BrF2N2/c1-14-8-3-2-5-9(11)6(12)4-7(13)10(5)15-8/h2-4H,1H3,(H,14,15). The number of aromatic nitrogens is 1. The lowest BCUT2D eigenvalue weighted by Crippen LogP contribution is -1.95. The molecule has 0 bridgehead atoms. The van der Waals surface area contributed by atoms with E-state index in [4.69, 9.17) is 0 Å². The number of anilines is 1. The number of benzene rings is 1. The van der Waals surface area contributed by atoms with E-state index in [1.807, 2.05) is 0 Å². The molecule has 1 N–H and O–H groups in total. The molecule has 0 amide bonds. The summed E-state index contributed by atoms with van der Waals surface area (Å²) in [5.74, 6) is -0.748. The predicted octanol–water partition coefficient (Wildman–Crippen LogP) is 3.32. The van der Waals surface area contributed by atoms with E-state index in [9.17, 15) is 8.78 Å². The summed E-state index contributed by atoms with van der Waals surface area (Å²) in [6.45, 7) is 0. The first-order valence-electron chi connectivity index (χ1n) is 4.25.